The van der Waals surface area contributed by atoms with E-state index in [1.54, 1.807) is 6.20 Å². The molecule has 0 bridgehead atoms. The highest BCUT2D eigenvalue weighted by atomic mass is 32.2. The van der Waals surface area contributed by atoms with E-state index in [1.165, 1.54) is 24.6 Å². The number of hydrogen-bond donors (Lipinski definition) is 1. The minimum atomic E-state index is -2.96. The minimum absolute atomic E-state index is 0.0715. The molecule has 1 aromatic rings. The number of carbonyl (C=O) groups is 1. The summed E-state index contributed by atoms with van der Waals surface area (Å²) in [5.41, 5.74) is 1.71. The lowest BCUT2D eigenvalue weighted by Gasteiger charge is -2.27. The molecule has 0 aromatic carbocycles. The number of anilines is 1. The van der Waals surface area contributed by atoms with Crippen LogP contribution in [0.15, 0.2) is 24.0 Å². The highest BCUT2D eigenvalue weighted by Crippen LogP contribution is 2.22. The monoisotopic (exact) mass is 392 g/mol. The van der Waals surface area contributed by atoms with Crippen molar-refractivity contribution in [2.24, 2.45) is 0 Å². The third-order valence-electron chi connectivity index (χ3n) is 5.27. The first-order chi connectivity index (χ1) is 13.0. The van der Waals surface area contributed by atoms with Gasteiger partial charge in [0, 0.05) is 19.1 Å². The maximum Gasteiger partial charge on any atom is 0.271 e. The maximum absolute atomic E-state index is 12.3. The molecule has 1 atom stereocenters. The summed E-state index contributed by atoms with van der Waals surface area (Å²) in [5.74, 6) is 0.763. The molecule has 8 heteroatoms. The number of rotatable bonds is 7. The summed E-state index contributed by atoms with van der Waals surface area (Å²) in [4.78, 5) is 22.8. The van der Waals surface area contributed by atoms with E-state index < -0.39 is 9.84 Å². The third kappa shape index (κ3) is 5.28. The SMILES string of the molecule is CCN(c1cnc(C(=O)NCCC2=CCCCC2)cn1)C1CCS(=O)(=O)C1. The standard InChI is InChI=1S/C19H28N4O3S/c1-2-23(16-9-11-27(25,26)14-16)18-13-21-17(12-22-18)19(24)20-10-8-15-6-4-3-5-7-15/h6,12-13,16H,2-5,7-11,14H2,1H3,(H,20,24). The van der Waals surface area contributed by atoms with E-state index in [4.69, 9.17) is 0 Å². The Morgan fingerprint density at radius 3 is 2.74 bits per heavy atom. The average Bonchev–Trinajstić information content (AvgIpc) is 3.03. The van der Waals surface area contributed by atoms with Crippen LogP contribution in [0.3, 0.4) is 0 Å². The van der Waals surface area contributed by atoms with Crippen LogP contribution in [0.25, 0.3) is 0 Å². The second-order valence-corrected chi connectivity index (χ2v) is 9.45. The number of amides is 1. The highest BCUT2D eigenvalue weighted by molar-refractivity contribution is 7.91. The van der Waals surface area contributed by atoms with E-state index in [0.717, 1.165) is 19.3 Å². The zero-order valence-electron chi connectivity index (χ0n) is 15.9. The van der Waals surface area contributed by atoms with Crippen LogP contribution >= 0.6 is 0 Å². The molecule has 1 amide bonds. The van der Waals surface area contributed by atoms with Gasteiger partial charge >= 0.3 is 0 Å². The fourth-order valence-electron chi connectivity index (χ4n) is 3.77. The fourth-order valence-corrected chi connectivity index (χ4v) is 5.50. The number of aromatic nitrogens is 2. The number of nitrogens with zero attached hydrogens (tertiary/aromatic N) is 3. The molecule has 148 valence electrons. The minimum Gasteiger partial charge on any atom is -0.352 e. The summed E-state index contributed by atoms with van der Waals surface area (Å²) in [6, 6.07) is -0.0715. The molecule has 1 unspecified atom stereocenters. The van der Waals surface area contributed by atoms with Gasteiger partial charge in [0.25, 0.3) is 5.91 Å². The highest BCUT2D eigenvalue weighted by Gasteiger charge is 2.32. The second kappa shape index (κ2) is 8.82. The smallest absolute Gasteiger partial charge is 0.271 e. The topological polar surface area (TPSA) is 92.3 Å². The van der Waals surface area contributed by atoms with E-state index in [2.05, 4.69) is 21.4 Å². The van der Waals surface area contributed by atoms with Crippen LogP contribution in [-0.2, 0) is 9.84 Å². The molecule has 27 heavy (non-hydrogen) atoms. The van der Waals surface area contributed by atoms with Gasteiger partial charge in [0.15, 0.2) is 9.84 Å². The molecule has 2 heterocycles. The van der Waals surface area contributed by atoms with Crippen molar-refractivity contribution < 1.29 is 13.2 Å². The normalized spacial score (nSPS) is 21.5. The van der Waals surface area contributed by atoms with Crippen LogP contribution in [-0.4, -0.2) is 54.9 Å². The molecule has 2 aliphatic rings. The Morgan fingerprint density at radius 1 is 1.30 bits per heavy atom. The van der Waals surface area contributed by atoms with Gasteiger partial charge in [-0.2, -0.15) is 0 Å². The first-order valence-corrected chi connectivity index (χ1v) is 11.6. The van der Waals surface area contributed by atoms with Gasteiger partial charge in [-0.1, -0.05) is 11.6 Å². The van der Waals surface area contributed by atoms with E-state index >= 15 is 0 Å². The van der Waals surface area contributed by atoms with Crippen molar-refractivity contribution in [1.29, 1.82) is 0 Å². The van der Waals surface area contributed by atoms with E-state index in [0.29, 0.717) is 25.3 Å². The number of nitrogens with one attached hydrogen (secondary N) is 1. The summed E-state index contributed by atoms with van der Waals surface area (Å²) in [5, 5.41) is 2.90. The molecule has 1 N–H and O–H groups in total. The van der Waals surface area contributed by atoms with Gasteiger partial charge in [-0.25, -0.2) is 18.4 Å². The van der Waals surface area contributed by atoms with E-state index in [9.17, 15) is 13.2 Å². The molecule has 7 nitrogen and oxygen atoms in total. The molecule has 1 aliphatic heterocycles. The van der Waals surface area contributed by atoms with Gasteiger partial charge in [0.05, 0.1) is 23.9 Å². The van der Waals surface area contributed by atoms with Gasteiger partial charge in [-0.15, -0.1) is 0 Å². The van der Waals surface area contributed by atoms with Gasteiger partial charge < -0.3 is 10.2 Å². The van der Waals surface area contributed by atoms with Gasteiger partial charge in [-0.05, 0) is 45.4 Å². The van der Waals surface area contributed by atoms with Gasteiger partial charge in [-0.3, -0.25) is 4.79 Å². The Morgan fingerprint density at radius 2 is 2.15 bits per heavy atom. The molecular weight excluding hydrogens is 364 g/mol. The Balaban J connectivity index is 1.55. The largest absolute Gasteiger partial charge is 0.352 e. The van der Waals surface area contributed by atoms with Gasteiger partial charge in [0.1, 0.15) is 11.5 Å². The van der Waals surface area contributed by atoms with Crippen LogP contribution in [0.4, 0.5) is 5.82 Å². The first kappa shape index (κ1) is 19.8. The molecule has 1 aromatic heterocycles. The van der Waals surface area contributed by atoms with Gasteiger partial charge in [0.2, 0.25) is 0 Å². The van der Waals surface area contributed by atoms with Crippen molar-refractivity contribution >= 4 is 21.6 Å². The molecule has 0 saturated carbocycles. The predicted molar refractivity (Wildman–Crippen MR) is 106 cm³/mol. The van der Waals surface area contributed by atoms with Crippen LogP contribution in [0.1, 0.15) is 55.9 Å². The zero-order valence-corrected chi connectivity index (χ0v) is 16.7. The third-order valence-corrected chi connectivity index (χ3v) is 7.02. The summed E-state index contributed by atoms with van der Waals surface area (Å²) >= 11 is 0. The van der Waals surface area contributed by atoms with E-state index in [1.807, 2.05) is 11.8 Å². The summed E-state index contributed by atoms with van der Waals surface area (Å²) in [6.07, 6.45) is 11.6. The Labute approximate surface area is 161 Å². The van der Waals surface area contributed by atoms with Crippen LogP contribution < -0.4 is 10.2 Å². The summed E-state index contributed by atoms with van der Waals surface area (Å²) < 4.78 is 23.5. The molecule has 1 aliphatic carbocycles. The van der Waals surface area contributed by atoms with Crippen molar-refractivity contribution in [3.05, 3.63) is 29.7 Å². The average molecular weight is 393 g/mol. The van der Waals surface area contributed by atoms with Crippen molar-refractivity contribution in [2.45, 2.75) is 51.5 Å². The number of allylic oxidation sites excluding steroid dienone is 1. The molecule has 1 saturated heterocycles. The summed E-state index contributed by atoms with van der Waals surface area (Å²) in [6.45, 7) is 3.22. The lowest BCUT2D eigenvalue weighted by atomic mass is 9.97. The number of sulfone groups is 1. The molecule has 1 fully saturated rings. The molecule has 3 rings (SSSR count). The van der Waals surface area contributed by atoms with Crippen LogP contribution in [0, 0.1) is 0 Å². The molecule has 0 radical (unpaired) electrons. The van der Waals surface area contributed by atoms with Crippen LogP contribution in [0.2, 0.25) is 0 Å². The Bertz CT molecular complexity index is 790. The molecule has 0 spiro atoms. The molecular formula is C19H28N4O3S. The maximum atomic E-state index is 12.3. The quantitative estimate of drug-likeness (QED) is 0.715. The number of carbonyl (C=O) groups excluding carboxylic acids is 1. The number of hydrogen-bond acceptors (Lipinski definition) is 6. The van der Waals surface area contributed by atoms with Crippen LogP contribution in [0.5, 0.6) is 0 Å². The fraction of sp³-hybridized carbons (Fsp3) is 0.632. The zero-order chi connectivity index (χ0) is 19.3. The Hall–Kier alpha value is -1.96. The lowest BCUT2D eigenvalue weighted by Crippen LogP contribution is -2.37. The van der Waals surface area contributed by atoms with Crippen molar-refractivity contribution in [3.8, 4) is 0 Å². The van der Waals surface area contributed by atoms with Crippen molar-refractivity contribution in [2.75, 3.05) is 29.5 Å². The second-order valence-electron chi connectivity index (χ2n) is 7.22. The predicted octanol–water partition coefficient (Wildman–Crippen LogP) is 2.11. The first-order valence-electron chi connectivity index (χ1n) is 9.73. The van der Waals surface area contributed by atoms with Crippen molar-refractivity contribution in [3.63, 3.8) is 0 Å². The summed E-state index contributed by atoms with van der Waals surface area (Å²) in [7, 11) is -2.96. The van der Waals surface area contributed by atoms with Crippen molar-refractivity contribution in [1.82, 2.24) is 15.3 Å². The Kier molecular flexibility index (Phi) is 6.46. The lowest BCUT2D eigenvalue weighted by molar-refractivity contribution is 0.0948. The van der Waals surface area contributed by atoms with E-state index in [-0.39, 0.29) is 29.1 Å².